The van der Waals surface area contributed by atoms with E-state index in [9.17, 15) is 0 Å². The van der Waals surface area contributed by atoms with Crippen LogP contribution in [0, 0.1) is 6.92 Å². The van der Waals surface area contributed by atoms with Crippen LogP contribution in [0.2, 0.25) is 5.15 Å². The first kappa shape index (κ1) is 16.0. The van der Waals surface area contributed by atoms with E-state index in [1.807, 2.05) is 36.4 Å². The molecule has 0 bridgehead atoms. The molecule has 4 rings (SSSR count). The molecule has 0 atom stereocenters. The number of aryl methyl sites for hydroxylation is 1. The molecule has 3 heterocycles. The minimum atomic E-state index is 0.471. The van der Waals surface area contributed by atoms with Gasteiger partial charge in [0.15, 0.2) is 5.82 Å². The molecule has 2 aromatic heterocycles. The van der Waals surface area contributed by atoms with Gasteiger partial charge in [-0.1, -0.05) is 29.8 Å². The topological polar surface area (TPSA) is 41.9 Å². The Kier molecular flexibility index (Phi) is 4.36. The zero-order valence-electron chi connectivity index (χ0n) is 14.1. The molecule has 1 saturated heterocycles. The standard InChI is InChI=1S/C20H19ClN4/c1-14-12-15(22-17-7-3-2-6-16(14)17)8-9-19-23-18(21)13-20(24-19)25-10-4-5-11-25/h2-3,6-9,12-13H,4-5,10-11H2,1H3/b9-8+. The summed E-state index contributed by atoms with van der Waals surface area (Å²) in [6, 6.07) is 12.1. The average molecular weight is 351 g/mol. The van der Waals surface area contributed by atoms with Gasteiger partial charge in [-0.25, -0.2) is 15.0 Å². The van der Waals surface area contributed by atoms with Crippen LogP contribution in [-0.2, 0) is 0 Å². The maximum atomic E-state index is 6.19. The number of aromatic nitrogens is 3. The van der Waals surface area contributed by atoms with Crippen molar-refractivity contribution >= 4 is 40.5 Å². The summed E-state index contributed by atoms with van der Waals surface area (Å²) in [4.78, 5) is 15.9. The predicted molar refractivity (Wildman–Crippen MR) is 104 cm³/mol. The number of hydrogen-bond acceptors (Lipinski definition) is 4. The molecule has 0 radical (unpaired) electrons. The maximum absolute atomic E-state index is 6.19. The third-order valence-corrected chi connectivity index (χ3v) is 4.67. The molecule has 1 aliphatic rings. The van der Waals surface area contributed by atoms with Crippen LogP contribution in [0.15, 0.2) is 36.4 Å². The quantitative estimate of drug-likeness (QED) is 0.639. The summed E-state index contributed by atoms with van der Waals surface area (Å²) in [6.07, 6.45) is 6.22. The molecule has 1 aromatic carbocycles. The van der Waals surface area contributed by atoms with Crippen molar-refractivity contribution in [2.75, 3.05) is 18.0 Å². The first-order valence-corrected chi connectivity index (χ1v) is 8.91. The van der Waals surface area contributed by atoms with Crippen LogP contribution in [-0.4, -0.2) is 28.0 Å². The van der Waals surface area contributed by atoms with E-state index in [4.69, 9.17) is 11.6 Å². The van der Waals surface area contributed by atoms with Gasteiger partial charge in [-0.2, -0.15) is 0 Å². The fraction of sp³-hybridized carbons (Fsp3) is 0.250. The molecule has 5 heteroatoms. The molecule has 0 amide bonds. The van der Waals surface area contributed by atoms with Crippen LogP contribution in [0.5, 0.6) is 0 Å². The summed E-state index contributed by atoms with van der Waals surface area (Å²) in [5.41, 5.74) is 3.09. The molecule has 0 unspecified atom stereocenters. The average Bonchev–Trinajstić information content (AvgIpc) is 3.14. The molecule has 0 saturated carbocycles. The van der Waals surface area contributed by atoms with E-state index in [-0.39, 0.29) is 0 Å². The molecular formula is C20H19ClN4. The van der Waals surface area contributed by atoms with Crippen LogP contribution in [0.1, 0.15) is 29.9 Å². The molecule has 0 aliphatic carbocycles. The molecular weight excluding hydrogens is 332 g/mol. The molecule has 3 aromatic rings. The van der Waals surface area contributed by atoms with E-state index < -0.39 is 0 Å². The van der Waals surface area contributed by atoms with E-state index in [1.165, 1.54) is 23.8 Å². The lowest BCUT2D eigenvalue weighted by atomic mass is 10.1. The van der Waals surface area contributed by atoms with E-state index in [0.717, 1.165) is 30.1 Å². The Hall–Kier alpha value is -2.46. The Morgan fingerprint density at radius 1 is 1.00 bits per heavy atom. The molecule has 1 fully saturated rings. The van der Waals surface area contributed by atoms with Gasteiger partial charge in [0.05, 0.1) is 11.2 Å². The van der Waals surface area contributed by atoms with Crippen molar-refractivity contribution in [3.8, 4) is 0 Å². The zero-order chi connectivity index (χ0) is 17.2. The van der Waals surface area contributed by atoms with Gasteiger partial charge in [-0.3, -0.25) is 0 Å². The number of benzene rings is 1. The molecule has 0 N–H and O–H groups in total. The summed E-state index contributed by atoms with van der Waals surface area (Å²) in [5, 5.41) is 1.65. The summed E-state index contributed by atoms with van der Waals surface area (Å²) in [5.74, 6) is 1.52. The van der Waals surface area contributed by atoms with Gasteiger partial charge in [0.1, 0.15) is 11.0 Å². The smallest absolute Gasteiger partial charge is 0.156 e. The first-order valence-electron chi connectivity index (χ1n) is 8.53. The second-order valence-electron chi connectivity index (χ2n) is 6.32. The number of fused-ring (bicyclic) bond motifs is 1. The van der Waals surface area contributed by atoms with E-state index >= 15 is 0 Å². The van der Waals surface area contributed by atoms with Crippen LogP contribution in [0.3, 0.4) is 0 Å². The minimum absolute atomic E-state index is 0.471. The predicted octanol–water partition coefficient (Wildman–Crippen LogP) is 4.76. The van der Waals surface area contributed by atoms with Crippen LogP contribution >= 0.6 is 11.6 Å². The highest BCUT2D eigenvalue weighted by Gasteiger charge is 2.14. The Balaban J connectivity index is 1.65. The van der Waals surface area contributed by atoms with Gasteiger partial charge in [0.2, 0.25) is 0 Å². The minimum Gasteiger partial charge on any atom is -0.356 e. The number of pyridine rings is 1. The number of nitrogens with zero attached hydrogens (tertiary/aromatic N) is 4. The van der Waals surface area contributed by atoms with Crippen molar-refractivity contribution in [3.63, 3.8) is 0 Å². The fourth-order valence-corrected chi connectivity index (χ4v) is 3.41. The third-order valence-electron chi connectivity index (χ3n) is 4.47. The molecule has 25 heavy (non-hydrogen) atoms. The number of hydrogen-bond donors (Lipinski definition) is 0. The summed E-state index contributed by atoms with van der Waals surface area (Å²) >= 11 is 6.19. The van der Waals surface area contributed by atoms with E-state index in [2.05, 4.69) is 38.9 Å². The normalized spacial score (nSPS) is 14.7. The molecule has 1 aliphatic heterocycles. The van der Waals surface area contributed by atoms with Crippen molar-refractivity contribution in [2.45, 2.75) is 19.8 Å². The lowest BCUT2D eigenvalue weighted by Gasteiger charge is -2.16. The van der Waals surface area contributed by atoms with Gasteiger partial charge in [-0.15, -0.1) is 0 Å². The van der Waals surface area contributed by atoms with Crippen molar-refractivity contribution in [2.24, 2.45) is 0 Å². The van der Waals surface area contributed by atoms with Crippen molar-refractivity contribution < 1.29 is 0 Å². The first-order chi connectivity index (χ1) is 12.2. The number of halogens is 1. The summed E-state index contributed by atoms with van der Waals surface area (Å²) in [6.45, 7) is 4.16. The molecule has 0 spiro atoms. The van der Waals surface area contributed by atoms with Crippen molar-refractivity contribution in [3.05, 3.63) is 58.6 Å². The van der Waals surface area contributed by atoms with Gasteiger partial charge < -0.3 is 4.90 Å². The highest BCUT2D eigenvalue weighted by molar-refractivity contribution is 6.29. The van der Waals surface area contributed by atoms with Crippen molar-refractivity contribution in [1.29, 1.82) is 0 Å². The Labute approximate surface area is 152 Å². The van der Waals surface area contributed by atoms with Gasteiger partial charge in [0, 0.05) is 24.5 Å². The number of rotatable bonds is 3. The monoisotopic (exact) mass is 350 g/mol. The van der Waals surface area contributed by atoms with E-state index in [1.54, 1.807) is 0 Å². The van der Waals surface area contributed by atoms with Crippen LogP contribution in [0.25, 0.3) is 23.1 Å². The van der Waals surface area contributed by atoms with Gasteiger partial charge >= 0.3 is 0 Å². The highest BCUT2D eigenvalue weighted by atomic mass is 35.5. The Morgan fingerprint density at radius 3 is 2.64 bits per heavy atom. The molecule has 4 nitrogen and oxygen atoms in total. The SMILES string of the molecule is Cc1cc(/C=C/c2nc(Cl)cc(N3CCCC3)n2)nc2ccccc12. The Bertz CT molecular complexity index is 946. The fourth-order valence-electron chi connectivity index (χ4n) is 3.23. The summed E-state index contributed by atoms with van der Waals surface area (Å²) in [7, 11) is 0. The maximum Gasteiger partial charge on any atom is 0.156 e. The largest absolute Gasteiger partial charge is 0.356 e. The molecule has 126 valence electrons. The van der Waals surface area contributed by atoms with Crippen LogP contribution in [0.4, 0.5) is 5.82 Å². The lowest BCUT2D eigenvalue weighted by Crippen LogP contribution is -2.19. The number of anilines is 1. The third kappa shape index (κ3) is 3.49. The second-order valence-corrected chi connectivity index (χ2v) is 6.70. The van der Waals surface area contributed by atoms with E-state index in [0.29, 0.717) is 11.0 Å². The Morgan fingerprint density at radius 2 is 1.80 bits per heavy atom. The lowest BCUT2D eigenvalue weighted by molar-refractivity contribution is 0.923. The van der Waals surface area contributed by atoms with Crippen LogP contribution < -0.4 is 4.90 Å². The van der Waals surface area contributed by atoms with Crippen molar-refractivity contribution in [1.82, 2.24) is 15.0 Å². The highest BCUT2D eigenvalue weighted by Crippen LogP contribution is 2.22. The second kappa shape index (κ2) is 6.81. The van der Waals surface area contributed by atoms with Gasteiger partial charge in [-0.05, 0) is 49.6 Å². The summed E-state index contributed by atoms with van der Waals surface area (Å²) < 4.78 is 0. The number of para-hydroxylation sites is 1. The van der Waals surface area contributed by atoms with Gasteiger partial charge in [0.25, 0.3) is 0 Å². The zero-order valence-corrected chi connectivity index (χ0v) is 14.9.